The second-order valence-electron chi connectivity index (χ2n) is 1.99. The van der Waals surface area contributed by atoms with E-state index in [1.807, 2.05) is 6.92 Å². The fraction of sp³-hybridized carbons (Fsp3) is 0.500. The zero-order valence-corrected chi connectivity index (χ0v) is 6.14. The maximum absolute atomic E-state index is 5.03. The number of nitrogens with zero attached hydrogens (tertiary/aromatic N) is 1. The Morgan fingerprint density at radius 3 is 3.11 bits per heavy atom. The highest BCUT2D eigenvalue weighted by atomic mass is 32.1. The third-order valence-corrected chi connectivity index (χ3v) is 1.76. The summed E-state index contributed by atoms with van der Waals surface area (Å²) in [7, 11) is 0. The molecule has 1 aromatic heterocycles. The van der Waals surface area contributed by atoms with Gasteiger partial charge in [-0.2, -0.15) is 12.6 Å². The predicted molar refractivity (Wildman–Crippen MR) is 38.8 cm³/mol. The average molecular weight is 143 g/mol. The van der Waals surface area contributed by atoms with Crippen molar-refractivity contribution in [3.63, 3.8) is 0 Å². The Morgan fingerprint density at radius 2 is 2.67 bits per heavy atom. The van der Waals surface area contributed by atoms with E-state index in [-0.39, 0.29) is 0 Å². The first-order valence-electron chi connectivity index (χ1n) is 2.84. The summed E-state index contributed by atoms with van der Waals surface area (Å²) in [4.78, 5) is 3.79. The van der Waals surface area contributed by atoms with E-state index in [2.05, 4.69) is 17.6 Å². The standard InChI is InChI=1S/C6H9NOS/c1-5(3-9)6-2-7-4-8-6/h2,4-5,9H,3H2,1H3. The van der Waals surface area contributed by atoms with Crippen molar-refractivity contribution >= 4 is 12.6 Å². The summed E-state index contributed by atoms with van der Waals surface area (Å²) in [5.74, 6) is 2.08. The molecule has 0 aliphatic rings. The van der Waals surface area contributed by atoms with Crippen LogP contribution in [0.15, 0.2) is 17.0 Å². The fourth-order valence-electron chi connectivity index (χ4n) is 0.559. The highest BCUT2D eigenvalue weighted by Gasteiger charge is 2.04. The summed E-state index contributed by atoms with van der Waals surface area (Å²) < 4.78 is 5.03. The summed E-state index contributed by atoms with van der Waals surface area (Å²) in [6.45, 7) is 2.05. The van der Waals surface area contributed by atoms with Crippen LogP contribution in [0.1, 0.15) is 18.6 Å². The van der Waals surface area contributed by atoms with Gasteiger partial charge in [0.05, 0.1) is 6.20 Å². The van der Waals surface area contributed by atoms with Gasteiger partial charge < -0.3 is 4.42 Å². The molecule has 0 N–H and O–H groups in total. The second-order valence-corrected chi connectivity index (χ2v) is 2.35. The SMILES string of the molecule is CC(CS)c1cnco1. The van der Waals surface area contributed by atoms with Crippen LogP contribution < -0.4 is 0 Å². The average Bonchev–Trinajstić information content (AvgIpc) is 2.37. The van der Waals surface area contributed by atoms with E-state index in [4.69, 9.17) is 4.42 Å². The molecule has 0 aliphatic heterocycles. The number of hydrogen-bond donors (Lipinski definition) is 1. The van der Waals surface area contributed by atoms with E-state index in [0.29, 0.717) is 5.92 Å². The summed E-state index contributed by atoms with van der Waals surface area (Å²) in [5, 5.41) is 0. The topological polar surface area (TPSA) is 26.0 Å². The Balaban J connectivity index is 2.65. The Labute approximate surface area is 59.7 Å². The molecule has 50 valence electrons. The molecule has 0 saturated heterocycles. The van der Waals surface area contributed by atoms with Crippen molar-refractivity contribution < 1.29 is 4.42 Å². The zero-order valence-electron chi connectivity index (χ0n) is 5.24. The van der Waals surface area contributed by atoms with E-state index in [1.165, 1.54) is 6.39 Å². The summed E-state index contributed by atoms with van der Waals surface area (Å²) in [6.07, 6.45) is 3.16. The van der Waals surface area contributed by atoms with Crippen LogP contribution in [0.25, 0.3) is 0 Å². The van der Waals surface area contributed by atoms with Crippen LogP contribution in [-0.4, -0.2) is 10.7 Å². The van der Waals surface area contributed by atoms with E-state index in [0.717, 1.165) is 11.5 Å². The van der Waals surface area contributed by atoms with Crippen LogP contribution in [0.3, 0.4) is 0 Å². The molecule has 0 aliphatic carbocycles. The Hall–Kier alpha value is -0.440. The van der Waals surface area contributed by atoms with E-state index in [1.54, 1.807) is 6.20 Å². The lowest BCUT2D eigenvalue weighted by Gasteiger charge is -1.99. The minimum Gasteiger partial charge on any atom is -0.448 e. The maximum atomic E-state index is 5.03. The smallest absolute Gasteiger partial charge is 0.180 e. The van der Waals surface area contributed by atoms with Gasteiger partial charge in [0, 0.05) is 5.92 Å². The highest BCUT2D eigenvalue weighted by Crippen LogP contribution is 2.14. The van der Waals surface area contributed by atoms with E-state index in [9.17, 15) is 0 Å². The molecule has 0 bridgehead atoms. The second kappa shape index (κ2) is 2.92. The van der Waals surface area contributed by atoms with Gasteiger partial charge in [-0.15, -0.1) is 0 Å². The minimum absolute atomic E-state index is 0.371. The molecule has 1 atom stereocenters. The minimum atomic E-state index is 0.371. The molecule has 0 spiro atoms. The molecule has 1 unspecified atom stereocenters. The molecule has 1 heterocycles. The molecule has 2 nitrogen and oxygen atoms in total. The number of hydrogen-bond acceptors (Lipinski definition) is 3. The summed E-state index contributed by atoms with van der Waals surface area (Å²) in [6, 6.07) is 0. The molecular weight excluding hydrogens is 134 g/mol. The van der Waals surface area contributed by atoms with E-state index >= 15 is 0 Å². The molecule has 3 heteroatoms. The van der Waals surface area contributed by atoms with Gasteiger partial charge in [-0.3, -0.25) is 0 Å². The van der Waals surface area contributed by atoms with Gasteiger partial charge in [-0.25, -0.2) is 4.98 Å². The highest BCUT2D eigenvalue weighted by molar-refractivity contribution is 7.80. The summed E-state index contributed by atoms with van der Waals surface area (Å²) in [5.41, 5.74) is 0. The lowest BCUT2D eigenvalue weighted by atomic mass is 10.2. The van der Waals surface area contributed by atoms with Crippen molar-refractivity contribution in [1.82, 2.24) is 4.98 Å². The molecular formula is C6H9NOS. The molecule has 0 saturated carbocycles. The molecule has 0 fully saturated rings. The third kappa shape index (κ3) is 1.48. The molecule has 9 heavy (non-hydrogen) atoms. The van der Waals surface area contributed by atoms with Crippen LogP contribution in [0.5, 0.6) is 0 Å². The lowest BCUT2D eigenvalue weighted by molar-refractivity contribution is 0.484. The van der Waals surface area contributed by atoms with Crippen molar-refractivity contribution in [1.29, 1.82) is 0 Å². The van der Waals surface area contributed by atoms with Gasteiger partial charge >= 0.3 is 0 Å². The number of oxazole rings is 1. The first-order chi connectivity index (χ1) is 4.34. The van der Waals surface area contributed by atoms with Crippen LogP contribution in [-0.2, 0) is 0 Å². The van der Waals surface area contributed by atoms with Crippen LogP contribution in [0, 0.1) is 0 Å². The first-order valence-corrected chi connectivity index (χ1v) is 3.47. The normalized spacial score (nSPS) is 13.6. The van der Waals surface area contributed by atoms with Crippen LogP contribution in [0.4, 0.5) is 0 Å². The zero-order chi connectivity index (χ0) is 6.69. The quantitative estimate of drug-likeness (QED) is 0.638. The largest absolute Gasteiger partial charge is 0.448 e. The Morgan fingerprint density at radius 1 is 1.89 bits per heavy atom. The van der Waals surface area contributed by atoms with E-state index < -0.39 is 0 Å². The Kier molecular flexibility index (Phi) is 2.16. The maximum Gasteiger partial charge on any atom is 0.180 e. The summed E-state index contributed by atoms with van der Waals surface area (Å²) >= 11 is 4.11. The van der Waals surface area contributed by atoms with Crippen molar-refractivity contribution in [2.45, 2.75) is 12.8 Å². The van der Waals surface area contributed by atoms with Crippen molar-refractivity contribution in [2.24, 2.45) is 0 Å². The first kappa shape index (κ1) is 6.68. The molecule has 0 radical (unpaired) electrons. The van der Waals surface area contributed by atoms with Crippen molar-refractivity contribution in [2.75, 3.05) is 5.75 Å². The molecule has 0 amide bonds. The number of rotatable bonds is 2. The van der Waals surface area contributed by atoms with Crippen LogP contribution >= 0.6 is 12.6 Å². The van der Waals surface area contributed by atoms with Crippen molar-refractivity contribution in [3.05, 3.63) is 18.4 Å². The monoisotopic (exact) mass is 143 g/mol. The molecule has 1 rings (SSSR count). The van der Waals surface area contributed by atoms with Gasteiger partial charge in [0.15, 0.2) is 6.39 Å². The third-order valence-electron chi connectivity index (χ3n) is 1.21. The van der Waals surface area contributed by atoms with Crippen LogP contribution in [0.2, 0.25) is 0 Å². The fourth-order valence-corrected chi connectivity index (χ4v) is 0.739. The number of thiol groups is 1. The molecule has 1 aromatic rings. The van der Waals surface area contributed by atoms with Gasteiger partial charge in [-0.05, 0) is 5.75 Å². The van der Waals surface area contributed by atoms with Crippen molar-refractivity contribution in [3.8, 4) is 0 Å². The van der Waals surface area contributed by atoms with Gasteiger partial charge in [0.2, 0.25) is 0 Å². The molecule has 0 aromatic carbocycles. The van der Waals surface area contributed by atoms with Gasteiger partial charge in [-0.1, -0.05) is 6.92 Å². The Bertz CT molecular complexity index is 162. The lowest BCUT2D eigenvalue weighted by Crippen LogP contribution is -1.90. The number of aromatic nitrogens is 1. The van der Waals surface area contributed by atoms with Gasteiger partial charge in [0.25, 0.3) is 0 Å². The predicted octanol–water partition coefficient (Wildman–Crippen LogP) is 1.71. The van der Waals surface area contributed by atoms with Gasteiger partial charge in [0.1, 0.15) is 5.76 Å².